The van der Waals surface area contributed by atoms with Crippen LogP contribution in [0.25, 0.3) is 0 Å². The zero-order chi connectivity index (χ0) is 9.80. The molecule has 2 nitrogen and oxygen atoms in total. The molecule has 2 rings (SSSR count). The lowest BCUT2D eigenvalue weighted by Gasteiger charge is -2.16. The van der Waals surface area contributed by atoms with Crippen molar-refractivity contribution < 1.29 is 4.79 Å². The summed E-state index contributed by atoms with van der Waals surface area (Å²) < 4.78 is 0. The summed E-state index contributed by atoms with van der Waals surface area (Å²) in [4.78, 5) is 13.3. The Bertz CT molecular complexity index is 379. The quantitative estimate of drug-likeness (QED) is 0.658. The molecule has 1 heterocycles. The van der Waals surface area contributed by atoms with E-state index in [0.29, 0.717) is 6.42 Å². The van der Waals surface area contributed by atoms with Crippen LogP contribution in [0.15, 0.2) is 54.8 Å². The van der Waals surface area contributed by atoms with Crippen LogP contribution in [-0.4, -0.2) is 5.91 Å². The van der Waals surface area contributed by atoms with E-state index in [0.717, 1.165) is 5.69 Å². The van der Waals surface area contributed by atoms with E-state index in [2.05, 4.69) is 0 Å². The molecule has 0 saturated carbocycles. The molecule has 0 bridgehead atoms. The van der Waals surface area contributed by atoms with Crippen LogP contribution in [0.4, 0.5) is 5.69 Å². The van der Waals surface area contributed by atoms with Crippen LogP contribution in [0, 0.1) is 0 Å². The number of hydrogen-bond acceptors (Lipinski definition) is 1. The van der Waals surface area contributed by atoms with Crippen molar-refractivity contribution in [2.45, 2.75) is 6.42 Å². The average Bonchev–Trinajstić information content (AvgIpc) is 2.44. The molecule has 0 unspecified atom stereocenters. The van der Waals surface area contributed by atoms with E-state index in [1.807, 2.05) is 48.6 Å². The van der Waals surface area contributed by atoms with Gasteiger partial charge in [-0.1, -0.05) is 30.4 Å². The minimum Gasteiger partial charge on any atom is -0.288 e. The zero-order valence-corrected chi connectivity index (χ0v) is 7.76. The third-order valence-electron chi connectivity index (χ3n) is 2.08. The number of carbonyl (C=O) groups excluding carboxylic acids is 1. The van der Waals surface area contributed by atoms with Crippen molar-refractivity contribution in [3.8, 4) is 0 Å². The van der Waals surface area contributed by atoms with Gasteiger partial charge in [-0.05, 0) is 18.2 Å². The van der Waals surface area contributed by atoms with Crippen molar-refractivity contribution in [3.63, 3.8) is 0 Å². The van der Waals surface area contributed by atoms with Crippen molar-refractivity contribution in [2.75, 3.05) is 4.90 Å². The zero-order valence-electron chi connectivity index (χ0n) is 7.76. The van der Waals surface area contributed by atoms with Gasteiger partial charge in [-0.3, -0.25) is 9.69 Å². The average molecular weight is 185 g/mol. The molecular formula is C12H11NO. The van der Waals surface area contributed by atoms with E-state index < -0.39 is 0 Å². The summed E-state index contributed by atoms with van der Waals surface area (Å²) in [6.07, 6.45) is 7.88. The molecule has 0 N–H and O–H groups in total. The van der Waals surface area contributed by atoms with E-state index in [1.54, 1.807) is 11.1 Å². The molecule has 0 radical (unpaired) electrons. The number of nitrogens with zero attached hydrogens (tertiary/aromatic N) is 1. The van der Waals surface area contributed by atoms with Crippen molar-refractivity contribution in [2.24, 2.45) is 0 Å². The standard InChI is InChI=1S/C12H11NO/c14-12-9-5-2-6-10-13(12)11-7-3-1-4-8-11/h1-8,10H,9H2. The monoisotopic (exact) mass is 185 g/mol. The van der Waals surface area contributed by atoms with Crippen molar-refractivity contribution >= 4 is 11.6 Å². The largest absolute Gasteiger partial charge is 0.288 e. The van der Waals surface area contributed by atoms with Crippen LogP contribution in [0.3, 0.4) is 0 Å². The van der Waals surface area contributed by atoms with Crippen molar-refractivity contribution in [3.05, 3.63) is 54.8 Å². The van der Waals surface area contributed by atoms with Crippen molar-refractivity contribution in [1.29, 1.82) is 0 Å². The van der Waals surface area contributed by atoms with E-state index in [-0.39, 0.29) is 5.91 Å². The molecule has 0 saturated heterocycles. The van der Waals surface area contributed by atoms with E-state index in [4.69, 9.17) is 0 Å². The lowest BCUT2D eigenvalue weighted by molar-refractivity contribution is -0.117. The highest BCUT2D eigenvalue weighted by molar-refractivity contribution is 5.96. The van der Waals surface area contributed by atoms with Gasteiger partial charge in [-0.15, -0.1) is 0 Å². The third-order valence-corrected chi connectivity index (χ3v) is 2.08. The second-order valence-corrected chi connectivity index (χ2v) is 3.07. The van der Waals surface area contributed by atoms with Gasteiger partial charge in [0.25, 0.3) is 0 Å². The first-order valence-corrected chi connectivity index (χ1v) is 4.58. The van der Waals surface area contributed by atoms with Gasteiger partial charge < -0.3 is 0 Å². The smallest absolute Gasteiger partial charge is 0.234 e. The van der Waals surface area contributed by atoms with Gasteiger partial charge in [-0.2, -0.15) is 0 Å². The van der Waals surface area contributed by atoms with Crippen LogP contribution < -0.4 is 4.90 Å². The fraction of sp³-hybridized carbons (Fsp3) is 0.0833. The molecule has 1 amide bonds. The SMILES string of the molecule is O=C1CC=CC=CN1c1ccccc1. The number of anilines is 1. The van der Waals surface area contributed by atoms with Crippen LogP contribution in [-0.2, 0) is 4.79 Å². The fourth-order valence-corrected chi connectivity index (χ4v) is 1.38. The minimum absolute atomic E-state index is 0.0983. The summed E-state index contributed by atoms with van der Waals surface area (Å²) in [5, 5.41) is 0. The molecule has 0 atom stereocenters. The van der Waals surface area contributed by atoms with E-state index in [1.165, 1.54) is 0 Å². The number of carbonyl (C=O) groups is 1. The van der Waals surface area contributed by atoms with E-state index in [9.17, 15) is 4.79 Å². The molecule has 1 aliphatic rings. The molecule has 1 aromatic rings. The normalized spacial score (nSPS) is 15.7. The summed E-state index contributed by atoms with van der Waals surface area (Å²) in [6.45, 7) is 0. The van der Waals surface area contributed by atoms with Gasteiger partial charge in [0.05, 0.1) is 0 Å². The summed E-state index contributed by atoms with van der Waals surface area (Å²) in [7, 11) is 0. The minimum atomic E-state index is 0.0983. The van der Waals surface area contributed by atoms with Crippen molar-refractivity contribution in [1.82, 2.24) is 0 Å². The molecule has 70 valence electrons. The number of benzene rings is 1. The number of amides is 1. The highest BCUT2D eigenvalue weighted by Crippen LogP contribution is 2.16. The third kappa shape index (κ3) is 1.74. The number of hydrogen-bond donors (Lipinski definition) is 0. The molecule has 0 aromatic heterocycles. The van der Waals surface area contributed by atoms with Gasteiger partial charge in [0.1, 0.15) is 0 Å². The predicted molar refractivity (Wildman–Crippen MR) is 56.8 cm³/mol. The second kappa shape index (κ2) is 3.92. The highest BCUT2D eigenvalue weighted by Gasteiger charge is 2.11. The number of rotatable bonds is 1. The molecule has 1 aliphatic heterocycles. The van der Waals surface area contributed by atoms with Crippen LogP contribution in [0.5, 0.6) is 0 Å². The van der Waals surface area contributed by atoms with Gasteiger partial charge in [0, 0.05) is 18.3 Å². The Balaban J connectivity index is 2.30. The predicted octanol–water partition coefficient (Wildman–Crippen LogP) is 2.49. The molecule has 0 spiro atoms. The Labute approximate surface area is 83.2 Å². The fourth-order valence-electron chi connectivity index (χ4n) is 1.38. The maximum absolute atomic E-state index is 11.6. The Hall–Kier alpha value is -1.83. The van der Waals surface area contributed by atoms with Crippen LogP contribution in [0.1, 0.15) is 6.42 Å². The number of para-hydroxylation sites is 1. The maximum Gasteiger partial charge on any atom is 0.234 e. The Morgan fingerprint density at radius 1 is 1.07 bits per heavy atom. The first-order chi connectivity index (χ1) is 6.88. The lowest BCUT2D eigenvalue weighted by atomic mass is 10.3. The van der Waals surface area contributed by atoms with E-state index >= 15 is 0 Å². The second-order valence-electron chi connectivity index (χ2n) is 3.07. The highest BCUT2D eigenvalue weighted by atomic mass is 16.2. The Morgan fingerprint density at radius 2 is 1.86 bits per heavy atom. The van der Waals surface area contributed by atoms with Crippen LogP contribution in [0.2, 0.25) is 0 Å². The van der Waals surface area contributed by atoms with Gasteiger partial charge in [0.2, 0.25) is 5.91 Å². The molecular weight excluding hydrogens is 174 g/mol. The first kappa shape index (κ1) is 8.75. The number of allylic oxidation sites excluding steroid dienone is 2. The molecule has 0 aliphatic carbocycles. The molecule has 0 fully saturated rings. The van der Waals surface area contributed by atoms with Gasteiger partial charge in [-0.25, -0.2) is 0 Å². The summed E-state index contributed by atoms with van der Waals surface area (Å²) >= 11 is 0. The van der Waals surface area contributed by atoms with Gasteiger partial charge >= 0.3 is 0 Å². The molecule has 2 heteroatoms. The summed E-state index contributed by atoms with van der Waals surface area (Å²) in [5.41, 5.74) is 0.914. The Kier molecular flexibility index (Phi) is 2.45. The first-order valence-electron chi connectivity index (χ1n) is 4.58. The molecule has 14 heavy (non-hydrogen) atoms. The topological polar surface area (TPSA) is 20.3 Å². The summed E-state index contributed by atoms with van der Waals surface area (Å²) in [5.74, 6) is 0.0983. The van der Waals surface area contributed by atoms with Gasteiger partial charge in [0.15, 0.2) is 0 Å². The Morgan fingerprint density at radius 3 is 2.64 bits per heavy atom. The lowest BCUT2D eigenvalue weighted by Crippen LogP contribution is -2.23. The maximum atomic E-state index is 11.6. The summed E-state index contributed by atoms with van der Waals surface area (Å²) in [6, 6.07) is 9.64. The molecule has 1 aromatic carbocycles. The van der Waals surface area contributed by atoms with Crippen LogP contribution >= 0.6 is 0 Å².